The third-order valence-electron chi connectivity index (χ3n) is 8.51. The number of amides is 2. The number of nitrogens with one attached hydrogen (secondary N) is 1. The number of aromatic nitrogens is 3. The summed E-state index contributed by atoms with van der Waals surface area (Å²) in [7, 11) is -2.34. The molecule has 0 fully saturated rings. The number of hydrogen-bond donors (Lipinski definition) is 2. The molecular formula is C38H41FN6O8S. The minimum absolute atomic E-state index is 0.00642. The Bertz CT molecular complexity index is 2290. The summed E-state index contributed by atoms with van der Waals surface area (Å²) in [6.45, 7) is 8.37. The Hall–Kier alpha value is -5.87. The number of ether oxygens (including phenoxy) is 3. The Balaban J connectivity index is 1.43. The lowest BCUT2D eigenvalue weighted by Gasteiger charge is -2.27. The number of nitrogens with two attached hydrogens (primary N) is 1. The highest BCUT2D eigenvalue weighted by Gasteiger charge is 2.33. The van der Waals surface area contributed by atoms with Crippen molar-refractivity contribution in [1.29, 1.82) is 0 Å². The SMILES string of the molecule is COc1cc(S(C)(=O)=O)ccc1N(C(=O)OC(C)OC(=O)[C@@H](N)C(C)(C)C)c1nc2ccc(-c3ccc(NC(=O)[C@H](C)c4ccc(F)cc4)cc3)cn2n1. The van der Waals surface area contributed by atoms with E-state index < -0.39 is 45.6 Å². The normalized spacial score (nSPS) is 13.4. The van der Waals surface area contributed by atoms with E-state index in [1.165, 1.54) is 48.9 Å². The first-order valence-corrected chi connectivity index (χ1v) is 18.6. The molecule has 284 valence electrons. The Kier molecular flexibility index (Phi) is 11.4. The van der Waals surface area contributed by atoms with Crippen molar-refractivity contribution in [2.75, 3.05) is 23.6 Å². The van der Waals surface area contributed by atoms with E-state index >= 15 is 0 Å². The first-order valence-electron chi connectivity index (χ1n) is 16.7. The predicted octanol–water partition coefficient (Wildman–Crippen LogP) is 6.23. The van der Waals surface area contributed by atoms with Crippen LogP contribution in [-0.4, -0.2) is 66.7 Å². The number of benzene rings is 3. The number of carbonyl (C=O) groups excluding carboxylic acids is 3. The van der Waals surface area contributed by atoms with Crippen molar-refractivity contribution >= 4 is 50.8 Å². The van der Waals surface area contributed by atoms with E-state index in [1.54, 1.807) is 70.3 Å². The van der Waals surface area contributed by atoms with Gasteiger partial charge in [-0.1, -0.05) is 45.0 Å². The molecule has 14 nitrogen and oxygen atoms in total. The molecule has 3 aromatic carbocycles. The molecule has 2 aromatic heterocycles. The number of rotatable bonds is 11. The number of pyridine rings is 1. The van der Waals surface area contributed by atoms with Crippen molar-refractivity contribution in [1.82, 2.24) is 14.6 Å². The number of fused-ring (bicyclic) bond motifs is 1. The lowest BCUT2D eigenvalue weighted by Crippen LogP contribution is -2.45. The molecule has 16 heteroatoms. The number of sulfone groups is 1. The number of halogens is 1. The monoisotopic (exact) mass is 760 g/mol. The summed E-state index contributed by atoms with van der Waals surface area (Å²) in [6, 6.07) is 19.2. The molecule has 2 heterocycles. The molecule has 3 N–H and O–H groups in total. The minimum Gasteiger partial charge on any atom is -0.495 e. The van der Waals surface area contributed by atoms with Crippen LogP contribution in [-0.2, 0) is 28.9 Å². The fraction of sp³-hybridized carbons (Fsp3) is 0.289. The van der Waals surface area contributed by atoms with Crippen LogP contribution in [0.15, 0.2) is 90.0 Å². The summed E-state index contributed by atoms with van der Waals surface area (Å²) in [4.78, 5) is 44.8. The first kappa shape index (κ1) is 39.3. The second kappa shape index (κ2) is 15.6. The van der Waals surface area contributed by atoms with Gasteiger partial charge in [0.1, 0.15) is 17.6 Å². The summed E-state index contributed by atoms with van der Waals surface area (Å²) in [6.07, 6.45) is 0.270. The number of anilines is 3. The van der Waals surface area contributed by atoms with Crippen LogP contribution in [0, 0.1) is 11.2 Å². The van der Waals surface area contributed by atoms with Crippen LogP contribution >= 0.6 is 0 Å². The van der Waals surface area contributed by atoms with Crippen LogP contribution < -0.4 is 20.7 Å². The van der Waals surface area contributed by atoms with Gasteiger partial charge in [0, 0.05) is 36.7 Å². The first-order chi connectivity index (χ1) is 25.3. The molecule has 0 aliphatic rings. The maximum Gasteiger partial charge on any atom is 0.424 e. The molecule has 1 unspecified atom stereocenters. The molecule has 54 heavy (non-hydrogen) atoms. The number of nitrogens with zero attached hydrogens (tertiary/aromatic N) is 4. The molecule has 5 aromatic rings. The molecule has 0 bridgehead atoms. The highest BCUT2D eigenvalue weighted by Crippen LogP contribution is 2.36. The van der Waals surface area contributed by atoms with Gasteiger partial charge in [0.15, 0.2) is 15.5 Å². The third kappa shape index (κ3) is 9.01. The second-order valence-corrected chi connectivity index (χ2v) is 15.7. The standard InChI is InChI=1S/C38H41FN6O8S/c1-22(24-8-13-27(39)14-9-24)34(46)41-28-15-10-25(11-16-28)26-12-19-32-42-36(43-44(32)21-26)45(30-18-17-29(54(7,49)50)20-31(30)51-6)37(48)53-23(2)52-35(47)33(40)38(3,4)5/h8-23,33H,40H2,1-7H3,(H,41,46)/t22-,23?,33-/m1/s1. The smallest absolute Gasteiger partial charge is 0.424 e. The summed E-state index contributed by atoms with van der Waals surface area (Å²) < 4.78 is 55.7. The third-order valence-corrected chi connectivity index (χ3v) is 9.62. The van der Waals surface area contributed by atoms with E-state index in [1.807, 2.05) is 12.1 Å². The van der Waals surface area contributed by atoms with E-state index in [-0.39, 0.29) is 34.0 Å². The maximum absolute atomic E-state index is 13.8. The second-order valence-electron chi connectivity index (χ2n) is 13.6. The van der Waals surface area contributed by atoms with Gasteiger partial charge in [-0.25, -0.2) is 27.0 Å². The van der Waals surface area contributed by atoms with Gasteiger partial charge in [-0.2, -0.15) is 4.98 Å². The quantitative estimate of drug-likeness (QED) is 0.115. The zero-order valence-electron chi connectivity index (χ0n) is 30.7. The van der Waals surface area contributed by atoms with Gasteiger partial charge in [-0.3, -0.25) is 9.59 Å². The van der Waals surface area contributed by atoms with Gasteiger partial charge in [0.05, 0.1) is 23.6 Å². The lowest BCUT2D eigenvalue weighted by atomic mass is 9.87. The van der Waals surface area contributed by atoms with Crippen molar-refractivity contribution in [2.24, 2.45) is 11.1 Å². The van der Waals surface area contributed by atoms with E-state index in [0.717, 1.165) is 22.3 Å². The number of hydrogen-bond acceptors (Lipinski definition) is 11. The Morgan fingerprint density at radius 1 is 0.926 bits per heavy atom. The van der Waals surface area contributed by atoms with Crippen LogP contribution in [0.5, 0.6) is 5.75 Å². The number of esters is 1. The van der Waals surface area contributed by atoms with Gasteiger partial charge < -0.3 is 25.3 Å². The summed E-state index contributed by atoms with van der Waals surface area (Å²) >= 11 is 0. The molecule has 0 saturated carbocycles. The highest BCUT2D eigenvalue weighted by atomic mass is 32.2. The van der Waals surface area contributed by atoms with Gasteiger partial charge in [-0.05, 0) is 72.0 Å². The largest absolute Gasteiger partial charge is 0.495 e. The zero-order chi connectivity index (χ0) is 39.5. The molecule has 5 rings (SSSR count). The summed E-state index contributed by atoms with van der Waals surface area (Å²) in [5.41, 5.74) is 8.52. The average Bonchev–Trinajstić information content (AvgIpc) is 3.53. The van der Waals surface area contributed by atoms with Gasteiger partial charge in [0.25, 0.3) is 5.95 Å². The predicted molar refractivity (Wildman–Crippen MR) is 200 cm³/mol. The van der Waals surface area contributed by atoms with E-state index in [4.69, 9.17) is 19.9 Å². The molecule has 0 radical (unpaired) electrons. The molecule has 0 spiro atoms. The van der Waals surface area contributed by atoms with Crippen molar-refractivity contribution in [2.45, 2.75) is 57.8 Å². The molecule has 0 aliphatic carbocycles. The summed E-state index contributed by atoms with van der Waals surface area (Å²) in [5, 5.41) is 7.41. The van der Waals surface area contributed by atoms with Crippen LogP contribution in [0.1, 0.15) is 46.1 Å². The molecular weight excluding hydrogens is 720 g/mol. The van der Waals surface area contributed by atoms with Crippen LogP contribution in [0.2, 0.25) is 0 Å². The van der Waals surface area contributed by atoms with Crippen molar-refractivity contribution < 1.29 is 41.4 Å². The maximum atomic E-state index is 13.8. The highest BCUT2D eigenvalue weighted by molar-refractivity contribution is 7.90. The van der Waals surface area contributed by atoms with Crippen LogP contribution in [0.25, 0.3) is 16.8 Å². The van der Waals surface area contributed by atoms with Gasteiger partial charge in [-0.15, -0.1) is 5.10 Å². The van der Waals surface area contributed by atoms with Crippen LogP contribution in [0.4, 0.5) is 26.5 Å². The van der Waals surface area contributed by atoms with Crippen molar-refractivity contribution in [3.8, 4) is 16.9 Å². The van der Waals surface area contributed by atoms with Gasteiger partial charge in [0.2, 0.25) is 12.2 Å². The lowest BCUT2D eigenvalue weighted by molar-refractivity contribution is -0.168. The van der Waals surface area contributed by atoms with E-state index in [2.05, 4.69) is 15.4 Å². The topological polar surface area (TPSA) is 185 Å². The van der Waals surface area contributed by atoms with Crippen LogP contribution in [0.3, 0.4) is 0 Å². The fourth-order valence-corrected chi connectivity index (χ4v) is 5.84. The zero-order valence-corrected chi connectivity index (χ0v) is 31.5. The molecule has 2 amide bonds. The fourth-order valence-electron chi connectivity index (χ4n) is 5.21. The molecule has 0 saturated heterocycles. The summed E-state index contributed by atoms with van der Waals surface area (Å²) in [5.74, 6) is -2.09. The average molecular weight is 761 g/mol. The Morgan fingerprint density at radius 2 is 1.57 bits per heavy atom. The van der Waals surface area contributed by atoms with E-state index in [9.17, 15) is 27.2 Å². The molecule has 3 atom stereocenters. The van der Waals surface area contributed by atoms with Crippen molar-refractivity contribution in [3.05, 3.63) is 96.4 Å². The Morgan fingerprint density at radius 3 is 2.19 bits per heavy atom. The number of carbonyl (C=O) groups is 3. The number of methoxy groups -OCH3 is 1. The molecule has 0 aliphatic heterocycles. The minimum atomic E-state index is -3.64. The van der Waals surface area contributed by atoms with Gasteiger partial charge >= 0.3 is 12.1 Å². The van der Waals surface area contributed by atoms with Crippen molar-refractivity contribution in [3.63, 3.8) is 0 Å². The van der Waals surface area contributed by atoms with E-state index in [0.29, 0.717) is 16.9 Å². The Labute approximate surface area is 312 Å².